The van der Waals surface area contributed by atoms with Crippen LogP contribution < -0.4 is 0 Å². The summed E-state index contributed by atoms with van der Waals surface area (Å²) in [4.78, 5) is 38.1. The van der Waals surface area contributed by atoms with Gasteiger partial charge in [0.25, 0.3) is 0 Å². The molecule has 0 aromatic heterocycles. The van der Waals surface area contributed by atoms with Gasteiger partial charge >= 0.3 is 17.9 Å². The summed E-state index contributed by atoms with van der Waals surface area (Å²) in [5.41, 5.74) is 0. The van der Waals surface area contributed by atoms with Crippen LogP contribution in [0.1, 0.15) is 226 Å². The normalized spacial score (nSPS) is 13.1. The third-order valence-electron chi connectivity index (χ3n) is 11.1. The fraction of sp³-hybridized carbons (Fsp3) is 0.603. The van der Waals surface area contributed by atoms with Crippen LogP contribution in [-0.2, 0) is 28.6 Å². The van der Waals surface area contributed by atoms with Crippen LogP contribution in [0.3, 0.4) is 0 Å². The van der Waals surface area contributed by atoms with Crippen molar-refractivity contribution in [3.8, 4) is 0 Å². The summed E-state index contributed by atoms with van der Waals surface area (Å²) in [6.45, 7) is 6.24. The molecular weight excluding hydrogens is 853 g/mol. The Morgan fingerprint density at radius 1 is 0.290 bits per heavy atom. The van der Waals surface area contributed by atoms with E-state index in [0.717, 1.165) is 167 Å². The molecule has 0 aromatic rings. The van der Waals surface area contributed by atoms with E-state index in [1.54, 1.807) is 0 Å². The average Bonchev–Trinajstić information content (AvgIpc) is 3.35. The predicted molar refractivity (Wildman–Crippen MR) is 297 cm³/mol. The van der Waals surface area contributed by atoms with Crippen molar-refractivity contribution < 1.29 is 28.6 Å². The molecule has 0 saturated carbocycles. The maximum atomic E-state index is 12.8. The molecule has 0 amide bonds. The van der Waals surface area contributed by atoms with Crippen molar-refractivity contribution in [2.45, 2.75) is 232 Å². The van der Waals surface area contributed by atoms with Gasteiger partial charge in [-0.3, -0.25) is 14.4 Å². The van der Waals surface area contributed by atoms with Gasteiger partial charge in [0, 0.05) is 19.3 Å². The SMILES string of the molecule is CC/C=C\C/C=C\C/C=C\C/C=C\C/C=C\CCCCCCCC(=O)OCC(COC(=O)CCCCC/C=C\C/C=C\C/C=C\CC)OC(=O)CCCCCCCCC/C=C\C/C=C\C/C=C\CC. The third-order valence-corrected chi connectivity index (χ3v) is 11.1. The molecule has 6 heteroatoms. The molecule has 0 radical (unpaired) electrons. The summed E-state index contributed by atoms with van der Waals surface area (Å²) in [5.74, 6) is -0.970. The van der Waals surface area contributed by atoms with Crippen LogP contribution in [0.25, 0.3) is 0 Å². The molecule has 0 aromatic carbocycles. The average molecular weight is 953 g/mol. The molecule has 0 saturated heterocycles. The van der Waals surface area contributed by atoms with Gasteiger partial charge < -0.3 is 14.2 Å². The monoisotopic (exact) mass is 953 g/mol. The lowest BCUT2D eigenvalue weighted by Gasteiger charge is -2.18. The molecule has 388 valence electrons. The Kier molecular flexibility index (Phi) is 52.5. The number of hydrogen-bond donors (Lipinski definition) is 0. The standard InChI is InChI=1S/C63H100O6/c1-4-7-10-13-16-19-22-25-27-29-30-31-32-34-35-38-41-44-47-50-53-56-62(65)68-59-60(58-67-61(64)55-52-49-46-43-40-37-24-21-18-15-12-9-6-3)69-63(66)57-54-51-48-45-42-39-36-33-28-26-23-20-17-14-11-8-5-2/h7-12,16-21,25-28,30-31,34-35,37,40,60H,4-6,13-15,22-24,29,32-33,36,38-39,41-59H2,1-3H3/b10-7-,11-8-,12-9-,19-16-,20-17-,21-18-,27-25-,28-26-,31-30-,35-34-,40-37-. The first-order valence-corrected chi connectivity index (χ1v) is 27.7. The molecule has 0 aliphatic heterocycles. The van der Waals surface area contributed by atoms with Crippen molar-refractivity contribution in [2.24, 2.45) is 0 Å². The van der Waals surface area contributed by atoms with Gasteiger partial charge in [-0.15, -0.1) is 0 Å². The lowest BCUT2D eigenvalue weighted by atomic mass is 10.1. The number of esters is 3. The van der Waals surface area contributed by atoms with Gasteiger partial charge in [-0.25, -0.2) is 0 Å². The summed E-state index contributed by atoms with van der Waals surface area (Å²) >= 11 is 0. The van der Waals surface area contributed by atoms with Crippen molar-refractivity contribution in [1.82, 2.24) is 0 Å². The minimum atomic E-state index is -0.809. The molecular formula is C63H100O6. The Labute approximate surface area is 424 Å². The highest BCUT2D eigenvalue weighted by Gasteiger charge is 2.19. The Morgan fingerprint density at radius 3 is 0.826 bits per heavy atom. The molecule has 0 heterocycles. The van der Waals surface area contributed by atoms with E-state index in [9.17, 15) is 14.4 Å². The first-order chi connectivity index (χ1) is 34.0. The Hall–Kier alpha value is -4.45. The maximum Gasteiger partial charge on any atom is 0.306 e. The Bertz CT molecular complexity index is 1510. The molecule has 0 aliphatic carbocycles. The van der Waals surface area contributed by atoms with Gasteiger partial charge in [-0.2, -0.15) is 0 Å². The smallest absolute Gasteiger partial charge is 0.306 e. The lowest BCUT2D eigenvalue weighted by Crippen LogP contribution is -2.30. The van der Waals surface area contributed by atoms with Crippen LogP contribution in [0.15, 0.2) is 134 Å². The van der Waals surface area contributed by atoms with E-state index in [4.69, 9.17) is 14.2 Å². The maximum absolute atomic E-state index is 12.8. The van der Waals surface area contributed by atoms with Gasteiger partial charge in [0.15, 0.2) is 6.10 Å². The number of ether oxygens (including phenoxy) is 3. The van der Waals surface area contributed by atoms with Gasteiger partial charge in [0.05, 0.1) is 0 Å². The molecule has 0 fully saturated rings. The summed E-state index contributed by atoms with van der Waals surface area (Å²) in [7, 11) is 0. The minimum absolute atomic E-state index is 0.107. The largest absolute Gasteiger partial charge is 0.462 e. The fourth-order valence-corrected chi connectivity index (χ4v) is 7.08. The van der Waals surface area contributed by atoms with Crippen LogP contribution in [0.5, 0.6) is 0 Å². The molecule has 0 N–H and O–H groups in total. The van der Waals surface area contributed by atoms with Crippen LogP contribution in [-0.4, -0.2) is 37.2 Å². The second-order valence-corrected chi connectivity index (χ2v) is 17.7. The molecule has 1 atom stereocenters. The van der Waals surface area contributed by atoms with Gasteiger partial charge in [-0.1, -0.05) is 212 Å². The lowest BCUT2D eigenvalue weighted by molar-refractivity contribution is -0.167. The quantitative estimate of drug-likeness (QED) is 0.0262. The van der Waals surface area contributed by atoms with Crippen molar-refractivity contribution in [2.75, 3.05) is 13.2 Å². The zero-order valence-corrected chi connectivity index (χ0v) is 44.3. The molecule has 69 heavy (non-hydrogen) atoms. The van der Waals surface area contributed by atoms with Crippen LogP contribution in [0.2, 0.25) is 0 Å². The molecule has 0 aliphatic rings. The van der Waals surface area contributed by atoms with E-state index >= 15 is 0 Å². The summed E-state index contributed by atoms with van der Waals surface area (Å²) in [5, 5.41) is 0. The summed E-state index contributed by atoms with van der Waals surface area (Å²) < 4.78 is 16.8. The number of rotatable bonds is 48. The number of carbonyl (C=O) groups is 3. The highest BCUT2D eigenvalue weighted by atomic mass is 16.6. The first-order valence-electron chi connectivity index (χ1n) is 27.7. The van der Waals surface area contributed by atoms with Gasteiger partial charge in [-0.05, 0) is 128 Å². The first kappa shape index (κ1) is 64.5. The van der Waals surface area contributed by atoms with E-state index in [-0.39, 0.29) is 31.1 Å². The molecule has 1 unspecified atom stereocenters. The summed E-state index contributed by atoms with van der Waals surface area (Å²) in [6, 6.07) is 0. The van der Waals surface area contributed by atoms with Crippen molar-refractivity contribution in [3.63, 3.8) is 0 Å². The van der Waals surface area contributed by atoms with E-state index in [2.05, 4.69) is 154 Å². The summed E-state index contributed by atoms with van der Waals surface area (Å²) in [6.07, 6.45) is 78.7. The van der Waals surface area contributed by atoms with Gasteiger partial charge in [0.1, 0.15) is 13.2 Å². The van der Waals surface area contributed by atoms with Gasteiger partial charge in [0.2, 0.25) is 0 Å². The van der Waals surface area contributed by atoms with E-state index < -0.39 is 6.10 Å². The van der Waals surface area contributed by atoms with Crippen LogP contribution >= 0.6 is 0 Å². The third kappa shape index (κ3) is 54.4. The Morgan fingerprint density at radius 2 is 0.522 bits per heavy atom. The van der Waals surface area contributed by atoms with Crippen molar-refractivity contribution >= 4 is 17.9 Å². The highest BCUT2D eigenvalue weighted by molar-refractivity contribution is 5.71. The zero-order chi connectivity index (χ0) is 50.0. The molecule has 6 nitrogen and oxygen atoms in total. The number of hydrogen-bond acceptors (Lipinski definition) is 6. The minimum Gasteiger partial charge on any atom is -0.462 e. The predicted octanol–water partition coefficient (Wildman–Crippen LogP) is 18.6. The highest BCUT2D eigenvalue weighted by Crippen LogP contribution is 2.13. The number of carbonyl (C=O) groups excluding carboxylic acids is 3. The van der Waals surface area contributed by atoms with E-state index in [0.29, 0.717) is 19.3 Å². The Balaban J connectivity index is 4.48. The molecule has 0 spiro atoms. The fourth-order valence-electron chi connectivity index (χ4n) is 7.08. The van der Waals surface area contributed by atoms with Crippen LogP contribution in [0.4, 0.5) is 0 Å². The topological polar surface area (TPSA) is 78.9 Å². The molecule has 0 bridgehead atoms. The van der Waals surface area contributed by atoms with Crippen molar-refractivity contribution in [3.05, 3.63) is 134 Å². The van der Waals surface area contributed by atoms with Crippen molar-refractivity contribution in [1.29, 1.82) is 0 Å². The second kappa shape index (κ2) is 56.1. The zero-order valence-electron chi connectivity index (χ0n) is 44.3. The molecule has 0 rings (SSSR count). The van der Waals surface area contributed by atoms with E-state index in [1.165, 1.54) is 19.3 Å². The van der Waals surface area contributed by atoms with Crippen LogP contribution in [0, 0.1) is 0 Å². The van der Waals surface area contributed by atoms with E-state index in [1.807, 2.05) is 0 Å². The number of allylic oxidation sites excluding steroid dienone is 22. The number of unbranched alkanes of at least 4 members (excludes halogenated alkanes) is 15. The second-order valence-electron chi connectivity index (χ2n) is 17.7.